The van der Waals surface area contributed by atoms with Crippen molar-refractivity contribution in [3.63, 3.8) is 0 Å². The molecular formula is C28H33N5O7S. The van der Waals surface area contributed by atoms with Gasteiger partial charge in [0.1, 0.15) is 24.7 Å². The molecular weight excluding hydrogens is 550 g/mol. The predicted octanol–water partition coefficient (Wildman–Crippen LogP) is 1.32. The normalized spacial score (nSPS) is 12.8. The Morgan fingerprint density at radius 2 is 1.54 bits per heavy atom. The third-order valence-electron chi connectivity index (χ3n) is 5.81. The summed E-state index contributed by atoms with van der Waals surface area (Å²) in [5.74, 6) is -1.50. The fourth-order valence-electron chi connectivity index (χ4n) is 3.65. The number of nitrogens with one attached hydrogen (secondary N) is 4. The number of aliphatic hydroxyl groups is 1. The van der Waals surface area contributed by atoms with E-state index >= 15 is 0 Å². The number of imidazole rings is 1. The van der Waals surface area contributed by atoms with Gasteiger partial charge < -0.3 is 35.5 Å². The molecule has 0 saturated heterocycles. The molecule has 3 atom stereocenters. The van der Waals surface area contributed by atoms with Gasteiger partial charge in [-0.2, -0.15) is 11.8 Å². The summed E-state index contributed by atoms with van der Waals surface area (Å²) in [5, 5.41) is 17.4. The van der Waals surface area contributed by atoms with Crippen LogP contribution in [0.4, 0.5) is 4.79 Å². The van der Waals surface area contributed by atoms with E-state index in [0.29, 0.717) is 11.4 Å². The molecule has 12 nitrogen and oxygen atoms in total. The molecule has 3 amide bonds. The Hall–Kier alpha value is -4.36. The van der Waals surface area contributed by atoms with Gasteiger partial charge in [0.2, 0.25) is 11.8 Å². The van der Waals surface area contributed by atoms with Crippen LogP contribution in [0.3, 0.4) is 0 Å². The Balaban J connectivity index is 1.63. The van der Waals surface area contributed by atoms with Crippen LogP contribution in [0.1, 0.15) is 16.8 Å². The predicted molar refractivity (Wildman–Crippen MR) is 151 cm³/mol. The van der Waals surface area contributed by atoms with Gasteiger partial charge in [-0.1, -0.05) is 60.7 Å². The smallest absolute Gasteiger partial charge is 0.408 e. The van der Waals surface area contributed by atoms with Crippen molar-refractivity contribution in [2.45, 2.75) is 36.9 Å². The maximum Gasteiger partial charge on any atom is 0.408 e. The van der Waals surface area contributed by atoms with Gasteiger partial charge in [-0.3, -0.25) is 9.59 Å². The summed E-state index contributed by atoms with van der Waals surface area (Å²) in [6.45, 7) is -0.747. The lowest BCUT2D eigenvalue weighted by Gasteiger charge is -2.23. The highest BCUT2D eigenvalue weighted by Crippen LogP contribution is 2.13. The van der Waals surface area contributed by atoms with Gasteiger partial charge in [0, 0.05) is 29.8 Å². The molecule has 3 aromatic rings. The Morgan fingerprint density at radius 3 is 2.15 bits per heavy atom. The first-order valence-corrected chi connectivity index (χ1v) is 13.9. The van der Waals surface area contributed by atoms with Crippen molar-refractivity contribution in [3.8, 4) is 0 Å². The second kappa shape index (κ2) is 16.7. The number of benzene rings is 2. The second-order valence-corrected chi connectivity index (χ2v) is 9.90. The number of esters is 1. The number of amides is 3. The number of carbonyl (C=O) groups excluding carboxylic acids is 4. The summed E-state index contributed by atoms with van der Waals surface area (Å²) in [7, 11) is 1.18. The van der Waals surface area contributed by atoms with Gasteiger partial charge in [0.25, 0.3) is 0 Å². The summed E-state index contributed by atoms with van der Waals surface area (Å²) in [4.78, 5) is 57.7. The topological polar surface area (TPSA) is 172 Å². The lowest BCUT2D eigenvalue weighted by atomic mass is 10.1. The van der Waals surface area contributed by atoms with Crippen LogP contribution in [0.2, 0.25) is 0 Å². The first-order chi connectivity index (χ1) is 19.9. The van der Waals surface area contributed by atoms with Crippen LogP contribution >= 0.6 is 11.8 Å². The molecule has 0 radical (unpaired) electrons. The number of aromatic nitrogens is 2. The van der Waals surface area contributed by atoms with Crippen LogP contribution in [0, 0.1) is 0 Å². The molecule has 0 bridgehead atoms. The van der Waals surface area contributed by atoms with Crippen molar-refractivity contribution in [2.75, 3.05) is 19.5 Å². The Morgan fingerprint density at radius 1 is 0.902 bits per heavy atom. The number of aromatic amines is 1. The lowest BCUT2D eigenvalue weighted by molar-refractivity contribution is -0.145. The minimum Gasteiger partial charge on any atom is -0.467 e. The van der Waals surface area contributed by atoms with E-state index in [1.165, 1.54) is 31.4 Å². The van der Waals surface area contributed by atoms with Gasteiger partial charge in [-0.25, -0.2) is 14.6 Å². The molecule has 0 unspecified atom stereocenters. The molecule has 13 heteroatoms. The van der Waals surface area contributed by atoms with Crippen LogP contribution in [-0.4, -0.2) is 76.5 Å². The second-order valence-electron chi connectivity index (χ2n) is 8.87. The molecule has 0 spiro atoms. The number of nitrogens with zero attached hydrogens (tertiary/aromatic N) is 1. The first-order valence-electron chi connectivity index (χ1n) is 12.7. The van der Waals surface area contributed by atoms with E-state index in [1.54, 1.807) is 12.1 Å². The highest BCUT2D eigenvalue weighted by Gasteiger charge is 2.30. The van der Waals surface area contributed by atoms with Gasteiger partial charge in [0.05, 0.1) is 20.0 Å². The summed E-state index contributed by atoms with van der Waals surface area (Å²) in [6.07, 6.45) is 2.16. The van der Waals surface area contributed by atoms with Crippen molar-refractivity contribution >= 4 is 35.6 Å². The molecule has 2 aromatic carbocycles. The number of hydrogen-bond acceptors (Lipinski definition) is 9. The number of methoxy groups -OCH3 is 1. The number of H-pyrrole nitrogens is 1. The molecule has 218 valence electrons. The molecule has 0 saturated carbocycles. The molecule has 0 aliphatic heterocycles. The maximum absolute atomic E-state index is 13.2. The van der Waals surface area contributed by atoms with E-state index in [9.17, 15) is 24.3 Å². The molecule has 41 heavy (non-hydrogen) atoms. The summed E-state index contributed by atoms with van der Waals surface area (Å²) >= 11 is 1.40. The molecule has 0 fully saturated rings. The van der Waals surface area contributed by atoms with Crippen LogP contribution in [0.5, 0.6) is 0 Å². The highest BCUT2D eigenvalue weighted by molar-refractivity contribution is 7.98. The van der Waals surface area contributed by atoms with E-state index in [2.05, 4.69) is 25.9 Å². The largest absolute Gasteiger partial charge is 0.467 e. The number of hydrogen-bond donors (Lipinski definition) is 5. The van der Waals surface area contributed by atoms with E-state index in [4.69, 9.17) is 9.47 Å². The lowest BCUT2D eigenvalue weighted by Crippen LogP contribution is -2.57. The zero-order chi connectivity index (χ0) is 29.5. The van der Waals surface area contributed by atoms with Gasteiger partial charge in [-0.15, -0.1) is 0 Å². The standard InChI is InChI=1S/C28H33N5O7S/c1-39-27(37)22(12-21-13-29-18-30-21)31-25(35)23(14-34)32-26(36)24(17-41-16-20-10-6-3-7-11-20)33-28(38)40-15-19-8-4-2-5-9-19/h2-11,13,18,22-24,34H,12,14-17H2,1H3,(H,29,30)(H,31,35)(H,32,36)(H,33,38)/t22-,23-,24-/m0/s1. The zero-order valence-electron chi connectivity index (χ0n) is 22.4. The van der Waals surface area contributed by atoms with Crippen LogP contribution in [-0.2, 0) is 42.6 Å². The third kappa shape index (κ3) is 10.6. The van der Waals surface area contributed by atoms with Crippen molar-refractivity contribution < 1.29 is 33.8 Å². The van der Waals surface area contributed by atoms with E-state index in [1.807, 2.05) is 48.5 Å². The highest BCUT2D eigenvalue weighted by atomic mass is 32.2. The van der Waals surface area contributed by atoms with Crippen LogP contribution in [0.25, 0.3) is 0 Å². The molecule has 1 heterocycles. The van der Waals surface area contributed by atoms with E-state index < -0.39 is 48.6 Å². The van der Waals surface area contributed by atoms with Gasteiger partial charge in [0.15, 0.2) is 0 Å². The molecule has 1 aromatic heterocycles. The number of rotatable bonds is 15. The average Bonchev–Trinajstić information content (AvgIpc) is 3.51. The average molecular weight is 584 g/mol. The fraction of sp³-hybridized carbons (Fsp3) is 0.321. The quantitative estimate of drug-likeness (QED) is 0.165. The van der Waals surface area contributed by atoms with Crippen LogP contribution in [0.15, 0.2) is 73.2 Å². The molecule has 5 N–H and O–H groups in total. The Kier molecular flexibility index (Phi) is 12.7. The van der Waals surface area contributed by atoms with E-state index in [0.717, 1.165) is 11.1 Å². The zero-order valence-corrected chi connectivity index (χ0v) is 23.3. The number of thioether (sulfide) groups is 1. The van der Waals surface area contributed by atoms with Crippen molar-refractivity contribution in [1.29, 1.82) is 0 Å². The number of alkyl carbamates (subject to hydrolysis) is 1. The van der Waals surface area contributed by atoms with Crippen molar-refractivity contribution in [3.05, 3.63) is 90.0 Å². The minimum absolute atomic E-state index is 0.00505. The Bertz CT molecular complexity index is 1250. The number of carbonyl (C=O) groups is 4. The van der Waals surface area contributed by atoms with Crippen molar-refractivity contribution in [2.24, 2.45) is 0 Å². The number of ether oxygens (including phenoxy) is 2. The molecule has 3 rings (SSSR count). The summed E-state index contributed by atoms with van der Waals surface area (Å²) in [5.41, 5.74) is 2.37. The summed E-state index contributed by atoms with van der Waals surface area (Å²) in [6, 6.07) is 15.1. The SMILES string of the molecule is COC(=O)[C@H](Cc1cnc[nH]1)NC(=O)[C@H](CO)NC(=O)[C@H](CSCc1ccccc1)NC(=O)OCc1ccccc1. The first kappa shape index (κ1) is 31.2. The van der Waals surface area contributed by atoms with E-state index in [-0.39, 0.29) is 18.8 Å². The van der Waals surface area contributed by atoms with Gasteiger partial charge in [-0.05, 0) is 11.1 Å². The van der Waals surface area contributed by atoms with Crippen LogP contribution < -0.4 is 16.0 Å². The summed E-state index contributed by atoms with van der Waals surface area (Å²) < 4.78 is 10.0. The molecule has 0 aliphatic carbocycles. The molecule has 0 aliphatic rings. The monoisotopic (exact) mass is 583 g/mol. The van der Waals surface area contributed by atoms with Crippen molar-refractivity contribution in [1.82, 2.24) is 25.9 Å². The minimum atomic E-state index is -1.40. The maximum atomic E-state index is 13.2. The Labute approximate surface area is 241 Å². The van der Waals surface area contributed by atoms with Gasteiger partial charge >= 0.3 is 12.1 Å². The fourth-order valence-corrected chi connectivity index (χ4v) is 4.67. The third-order valence-corrected chi connectivity index (χ3v) is 6.92. The number of aliphatic hydroxyl groups excluding tert-OH is 1.